The maximum absolute atomic E-state index is 11.1. The number of aliphatic hydroxyl groups is 1. The van der Waals surface area contributed by atoms with Gasteiger partial charge in [-0.15, -0.1) is 0 Å². The van der Waals surface area contributed by atoms with E-state index in [-0.39, 0.29) is 12.8 Å². The van der Waals surface area contributed by atoms with E-state index < -0.39 is 30.1 Å². The second kappa shape index (κ2) is 6.95. The Morgan fingerprint density at radius 3 is 2.25 bits per heavy atom. The summed E-state index contributed by atoms with van der Waals surface area (Å²) in [5.74, 6) is -2.27. The van der Waals surface area contributed by atoms with Crippen LogP contribution >= 0.6 is 0 Å². The third kappa shape index (κ3) is 6.94. The molecule has 0 heterocycles. The number of carbonyl (C=O) groups is 3. The Morgan fingerprint density at radius 2 is 1.81 bits per heavy atom. The molecule has 0 amide bonds. The predicted octanol–water partition coefficient (Wildman–Crippen LogP) is 0.169. The zero-order chi connectivity index (χ0) is 12.7. The molecule has 0 aliphatic carbocycles. The van der Waals surface area contributed by atoms with Crippen LogP contribution in [-0.2, 0) is 23.9 Å². The molecule has 0 fully saturated rings. The van der Waals surface area contributed by atoms with E-state index in [0.717, 1.165) is 6.92 Å². The highest BCUT2D eigenvalue weighted by Crippen LogP contribution is 2.02. The van der Waals surface area contributed by atoms with E-state index >= 15 is 0 Å². The Hall–Kier alpha value is -1.43. The number of carbonyl (C=O) groups excluding carboxylic acids is 3. The van der Waals surface area contributed by atoms with Gasteiger partial charge in [0.25, 0.3) is 0 Å². The van der Waals surface area contributed by atoms with Crippen molar-refractivity contribution in [2.24, 2.45) is 0 Å². The lowest BCUT2D eigenvalue weighted by molar-refractivity contribution is -0.172. The lowest BCUT2D eigenvalue weighted by Gasteiger charge is -2.11. The van der Waals surface area contributed by atoms with Gasteiger partial charge in [0, 0.05) is 13.3 Å². The monoisotopic (exact) mass is 232 g/mol. The smallest absolute Gasteiger partial charge is 0.354 e. The molecule has 1 N–H and O–H groups in total. The summed E-state index contributed by atoms with van der Waals surface area (Å²) in [4.78, 5) is 32.6. The van der Waals surface area contributed by atoms with Gasteiger partial charge < -0.3 is 14.6 Å². The van der Waals surface area contributed by atoms with Gasteiger partial charge in [0.15, 0.2) is 6.10 Å². The quantitative estimate of drug-likeness (QED) is 0.536. The van der Waals surface area contributed by atoms with Crippen molar-refractivity contribution in [3.8, 4) is 0 Å². The minimum atomic E-state index is -1.12. The molecule has 6 nitrogen and oxygen atoms in total. The molecule has 0 aromatic heterocycles. The molecule has 0 rings (SSSR count). The number of rotatable bonds is 5. The van der Waals surface area contributed by atoms with Crippen molar-refractivity contribution in [2.75, 3.05) is 0 Å². The molecule has 92 valence electrons. The Morgan fingerprint density at radius 1 is 1.25 bits per heavy atom. The topological polar surface area (TPSA) is 89.9 Å². The van der Waals surface area contributed by atoms with Gasteiger partial charge in [-0.05, 0) is 20.3 Å². The van der Waals surface area contributed by atoms with Gasteiger partial charge in [-0.2, -0.15) is 0 Å². The summed E-state index contributed by atoms with van der Waals surface area (Å²) in [6, 6.07) is 0. The third-order valence-electron chi connectivity index (χ3n) is 1.65. The molecule has 0 aromatic rings. The number of hydrogen-bond donors (Lipinski definition) is 1. The molecule has 6 heteroatoms. The van der Waals surface area contributed by atoms with E-state index in [1.165, 1.54) is 6.92 Å². The number of esters is 3. The number of hydrogen-bond acceptors (Lipinski definition) is 6. The molecular weight excluding hydrogens is 216 g/mol. The number of aliphatic hydroxyl groups excluding tert-OH is 1. The molecule has 0 aromatic carbocycles. The van der Waals surface area contributed by atoms with Crippen molar-refractivity contribution in [1.82, 2.24) is 0 Å². The zero-order valence-electron chi connectivity index (χ0n) is 9.56. The van der Waals surface area contributed by atoms with Crippen LogP contribution in [0, 0.1) is 0 Å². The highest BCUT2D eigenvalue weighted by Gasteiger charge is 2.20. The molecule has 0 aliphatic heterocycles. The molecular formula is C10H16O6. The van der Waals surface area contributed by atoms with Crippen molar-refractivity contribution in [3.05, 3.63) is 0 Å². The third-order valence-corrected chi connectivity index (χ3v) is 1.65. The Labute approximate surface area is 93.5 Å². The van der Waals surface area contributed by atoms with Gasteiger partial charge in [-0.3, -0.25) is 9.59 Å². The maximum Gasteiger partial charge on any atom is 0.354 e. The maximum atomic E-state index is 11.1. The van der Waals surface area contributed by atoms with Crippen LogP contribution < -0.4 is 0 Å². The molecule has 2 atom stereocenters. The summed E-state index contributed by atoms with van der Waals surface area (Å²) < 4.78 is 8.92. The fourth-order valence-corrected chi connectivity index (χ4v) is 0.856. The fourth-order valence-electron chi connectivity index (χ4n) is 0.856. The predicted molar refractivity (Wildman–Crippen MR) is 53.2 cm³/mol. The lowest BCUT2D eigenvalue weighted by atomic mass is 10.2. The van der Waals surface area contributed by atoms with Crippen molar-refractivity contribution >= 4 is 17.9 Å². The Kier molecular flexibility index (Phi) is 6.32. The van der Waals surface area contributed by atoms with Crippen LogP contribution in [0.5, 0.6) is 0 Å². The van der Waals surface area contributed by atoms with E-state index in [9.17, 15) is 14.4 Å². The van der Waals surface area contributed by atoms with Crippen molar-refractivity contribution in [1.29, 1.82) is 0 Å². The summed E-state index contributed by atoms with van der Waals surface area (Å²) in [7, 11) is 0. The molecule has 0 saturated carbocycles. The molecule has 0 spiro atoms. The van der Waals surface area contributed by atoms with E-state index in [1.54, 1.807) is 6.92 Å². The van der Waals surface area contributed by atoms with Gasteiger partial charge in [0.05, 0.1) is 6.10 Å². The summed E-state index contributed by atoms with van der Waals surface area (Å²) in [6.07, 6.45) is -1.46. The SMILES string of the molecule is CC(=O)OC(=O)C(C)OC(=O)CCC(C)O. The minimum Gasteiger partial charge on any atom is -0.451 e. The first-order chi connectivity index (χ1) is 7.32. The zero-order valence-corrected chi connectivity index (χ0v) is 9.56. The van der Waals surface area contributed by atoms with Gasteiger partial charge >= 0.3 is 17.9 Å². The van der Waals surface area contributed by atoms with E-state index in [4.69, 9.17) is 5.11 Å². The molecule has 16 heavy (non-hydrogen) atoms. The molecule has 0 aliphatic rings. The first-order valence-corrected chi connectivity index (χ1v) is 4.92. The highest BCUT2D eigenvalue weighted by atomic mass is 16.6. The summed E-state index contributed by atoms with van der Waals surface area (Å²) in [6.45, 7) is 3.94. The van der Waals surface area contributed by atoms with Crippen LogP contribution in [0.2, 0.25) is 0 Å². The average molecular weight is 232 g/mol. The Bertz CT molecular complexity index is 270. The van der Waals surface area contributed by atoms with Crippen LogP contribution in [-0.4, -0.2) is 35.2 Å². The minimum absolute atomic E-state index is 0.00928. The van der Waals surface area contributed by atoms with Gasteiger partial charge in [0.2, 0.25) is 0 Å². The molecule has 0 radical (unpaired) electrons. The van der Waals surface area contributed by atoms with Crippen molar-refractivity contribution in [3.63, 3.8) is 0 Å². The lowest BCUT2D eigenvalue weighted by Crippen LogP contribution is -2.27. The van der Waals surface area contributed by atoms with E-state index in [1.807, 2.05) is 0 Å². The van der Waals surface area contributed by atoms with Crippen LogP contribution in [0.15, 0.2) is 0 Å². The first-order valence-electron chi connectivity index (χ1n) is 4.92. The van der Waals surface area contributed by atoms with Crippen LogP contribution in [0.4, 0.5) is 0 Å². The van der Waals surface area contributed by atoms with E-state index in [0.29, 0.717) is 0 Å². The highest BCUT2D eigenvalue weighted by molar-refractivity contribution is 5.87. The van der Waals surface area contributed by atoms with Crippen LogP contribution in [0.1, 0.15) is 33.6 Å². The second-order valence-electron chi connectivity index (χ2n) is 3.43. The standard InChI is InChI=1S/C10H16O6/c1-6(11)4-5-9(13)15-7(2)10(14)16-8(3)12/h6-7,11H,4-5H2,1-3H3. The number of ether oxygens (including phenoxy) is 2. The summed E-state index contributed by atoms with van der Waals surface area (Å²) >= 11 is 0. The molecule has 0 saturated heterocycles. The Balaban J connectivity index is 3.94. The van der Waals surface area contributed by atoms with Crippen molar-refractivity contribution in [2.45, 2.75) is 45.8 Å². The van der Waals surface area contributed by atoms with E-state index in [2.05, 4.69) is 9.47 Å². The molecule has 2 unspecified atom stereocenters. The normalized spacial score (nSPS) is 13.8. The average Bonchev–Trinajstić information content (AvgIpc) is 2.13. The van der Waals surface area contributed by atoms with Gasteiger partial charge in [-0.1, -0.05) is 0 Å². The summed E-state index contributed by atoms with van der Waals surface area (Å²) in [5.41, 5.74) is 0. The summed E-state index contributed by atoms with van der Waals surface area (Å²) in [5, 5.41) is 8.92. The van der Waals surface area contributed by atoms with Crippen LogP contribution in [0.25, 0.3) is 0 Å². The van der Waals surface area contributed by atoms with Crippen molar-refractivity contribution < 1.29 is 29.0 Å². The van der Waals surface area contributed by atoms with Gasteiger partial charge in [0.1, 0.15) is 0 Å². The largest absolute Gasteiger partial charge is 0.451 e. The molecule has 0 bridgehead atoms. The van der Waals surface area contributed by atoms with Gasteiger partial charge in [-0.25, -0.2) is 4.79 Å². The first kappa shape index (κ1) is 14.6. The van der Waals surface area contributed by atoms with Crippen LogP contribution in [0.3, 0.4) is 0 Å². The fraction of sp³-hybridized carbons (Fsp3) is 0.700. The second-order valence-corrected chi connectivity index (χ2v) is 3.43.